The van der Waals surface area contributed by atoms with E-state index in [0.29, 0.717) is 30.1 Å². The van der Waals surface area contributed by atoms with Crippen molar-refractivity contribution in [3.8, 4) is 11.5 Å². The number of anilines is 2. The van der Waals surface area contributed by atoms with Crippen molar-refractivity contribution in [2.75, 3.05) is 38.0 Å². The first-order valence-electron chi connectivity index (χ1n) is 11.2. The number of aromatic nitrogens is 2. The molecule has 37 heavy (non-hydrogen) atoms. The van der Waals surface area contributed by atoms with E-state index in [0.717, 1.165) is 10.9 Å². The Morgan fingerprint density at radius 2 is 2.03 bits per heavy atom. The Balaban J connectivity index is 1.91. The molecule has 0 bridgehead atoms. The Labute approximate surface area is 213 Å². The summed E-state index contributed by atoms with van der Waals surface area (Å²) >= 11 is 0. The molecule has 13 heteroatoms. The second-order valence-electron chi connectivity index (χ2n) is 8.13. The normalized spacial score (nSPS) is 11.5. The van der Waals surface area contributed by atoms with Gasteiger partial charge in [0, 0.05) is 37.3 Å². The fourth-order valence-corrected chi connectivity index (χ4v) is 3.40. The van der Waals surface area contributed by atoms with Crippen LogP contribution in [0, 0.1) is 5.41 Å². The van der Waals surface area contributed by atoms with Crippen LogP contribution in [0.1, 0.15) is 5.56 Å². The van der Waals surface area contributed by atoms with Gasteiger partial charge in [0.05, 0.1) is 28.8 Å². The number of hydrogen-bond donors (Lipinski definition) is 6. The third kappa shape index (κ3) is 7.32. The molecule has 3 aromatic rings. The molecule has 1 heterocycles. The molecule has 0 unspecified atom stereocenters. The molecule has 3 rings (SSSR count). The van der Waals surface area contributed by atoms with Gasteiger partial charge < -0.3 is 30.5 Å². The number of halogens is 2. The third-order valence-corrected chi connectivity index (χ3v) is 5.17. The predicted molar refractivity (Wildman–Crippen MR) is 141 cm³/mol. The number of hydrazine groups is 2. The minimum atomic E-state index is -3.09. The topological polar surface area (TPSA) is 138 Å². The van der Waals surface area contributed by atoms with Crippen molar-refractivity contribution in [2.45, 2.75) is 6.61 Å². The Kier molecular flexibility index (Phi) is 9.24. The molecule has 0 aliphatic rings. The van der Waals surface area contributed by atoms with Gasteiger partial charge in [-0.05, 0) is 37.9 Å². The van der Waals surface area contributed by atoms with Gasteiger partial charge >= 0.3 is 6.61 Å². The molecule has 7 N–H and O–H groups in total. The van der Waals surface area contributed by atoms with Crippen molar-refractivity contribution in [3.05, 3.63) is 60.9 Å². The van der Waals surface area contributed by atoms with Crippen molar-refractivity contribution >= 4 is 33.8 Å². The van der Waals surface area contributed by atoms with Gasteiger partial charge in [0.1, 0.15) is 18.2 Å². The number of nitrogens with one attached hydrogen (secondary N) is 5. The van der Waals surface area contributed by atoms with E-state index in [9.17, 15) is 8.78 Å². The number of nitrogens with two attached hydrogens (primary N) is 1. The van der Waals surface area contributed by atoms with Gasteiger partial charge in [-0.25, -0.2) is 0 Å². The maximum Gasteiger partial charge on any atom is 0.387 e. The van der Waals surface area contributed by atoms with E-state index in [1.807, 2.05) is 44.2 Å². The summed E-state index contributed by atoms with van der Waals surface area (Å²) in [5, 5.41) is 16.3. The summed E-state index contributed by atoms with van der Waals surface area (Å²) in [6.45, 7) is 1.41. The maximum atomic E-state index is 13.2. The molecule has 2 aromatic carbocycles. The summed E-state index contributed by atoms with van der Waals surface area (Å²) < 4.78 is 38.7. The van der Waals surface area contributed by atoms with Gasteiger partial charge in [-0.3, -0.25) is 21.4 Å². The van der Waals surface area contributed by atoms with Crippen molar-refractivity contribution in [1.29, 1.82) is 5.41 Å². The van der Waals surface area contributed by atoms with Gasteiger partial charge in [0.25, 0.3) is 0 Å². The number of ether oxygens (including phenoxy) is 2. The first-order valence-corrected chi connectivity index (χ1v) is 11.2. The molecule has 11 nitrogen and oxygen atoms in total. The van der Waals surface area contributed by atoms with Gasteiger partial charge in [-0.1, -0.05) is 12.6 Å². The SMILES string of the molecule is C=CNNc1cc(NC(=N)/C=C(\NN)c2ccc3c(cnn3C)c2)c(OC(F)F)cc1OCCN(C)C. The van der Waals surface area contributed by atoms with Crippen LogP contribution in [-0.4, -0.2) is 54.4 Å². The lowest BCUT2D eigenvalue weighted by Crippen LogP contribution is -2.22. The molecule has 0 fully saturated rings. The van der Waals surface area contributed by atoms with E-state index in [1.54, 1.807) is 10.9 Å². The van der Waals surface area contributed by atoms with Gasteiger partial charge in [-0.2, -0.15) is 13.9 Å². The molecular weight excluding hydrogens is 484 g/mol. The summed E-state index contributed by atoms with van der Waals surface area (Å²) in [4.78, 5) is 1.92. The highest BCUT2D eigenvalue weighted by Crippen LogP contribution is 2.37. The second-order valence-corrected chi connectivity index (χ2v) is 8.13. The number of amidine groups is 1. The smallest absolute Gasteiger partial charge is 0.387 e. The third-order valence-electron chi connectivity index (χ3n) is 5.17. The average Bonchev–Trinajstić information content (AvgIpc) is 3.22. The van der Waals surface area contributed by atoms with E-state index in [4.69, 9.17) is 20.7 Å². The number of likely N-dealkylation sites (N-methyl/N-ethyl adjacent to an activating group) is 1. The lowest BCUT2D eigenvalue weighted by Gasteiger charge is -2.19. The average molecular weight is 516 g/mol. The molecule has 0 aliphatic heterocycles. The minimum absolute atomic E-state index is 0.106. The van der Waals surface area contributed by atoms with Crippen molar-refractivity contribution in [1.82, 2.24) is 25.5 Å². The van der Waals surface area contributed by atoms with E-state index in [2.05, 4.69) is 33.3 Å². The van der Waals surface area contributed by atoms with Crippen LogP contribution in [-0.2, 0) is 7.05 Å². The zero-order chi connectivity index (χ0) is 26.9. The largest absolute Gasteiger partial charge is 0.490 e. The Morgan fingerprint density at radius 3 is 2.70 bits per heavy atom. The summed E-state index contributed by atoms with van der Waals surface area (Å²) in [6.07, 6.45) is 4.56. The van der Waals surface area contributed by atoms with Crippen LogP contribution in [0.3, 0.4) is 0 Å². The number of aryl methyl sites for hydroxylation is 1. The first kappa shape index (κ1) is 27.2. The van der Waals surface area contributed by atoms with E-state index < -0.39 is 6.61 Å². The summed E-state index contributed by atoms with van der Waals surface area (Å²) in [6, 6.07) is 8.40. The number of benzene rings is 2. The van der Waals surface area contributed by atoms with Crippen molar-refractivity contribution in [3.63, 3.8) is 0 Å². The Hall–Kier alpha value is -4.36. The molecule has 0 atom stereocenters. The highest BCUT2D eigenvalue weighted by atomic mass is 19.3. The lowest BCUT2D eigenvalue weighted by atomic mass is 10.1. The van der Waals surface area contributed by atoms with Gasteiger partial charge in [0.15, 0.2) is 5.75 Å². The summed E-state index contributed by atoms with van der Waals surface area (Å²) in [5.74, 6) is 5.66. The summed E-state index contributed by atoms with van der Waals surface area (Å²) in [5.41, 5.74) is 10.8. The molecule has 0 aliphatic carbocycles. The van der Waals surface area contributed by atoms with Crippen LogP contribution >= 0.6 is 0 Å². The highest BCUT2D eigenvalue weighted by molar-refractivity contribution is 6.07. The predicted octanol–water partition coefficient (Wildman–Crippen LogP) is 3.07. The minimum Gasteiger partial charge on any atom is -0.490 e. The Morgan fingerprint density at radius 1 is 1.24 bits per heavy atom. The quantitative estimate of drug-likeness (QED) is 0.0878. The lowest BCUT2D eigenvalue weighted by molar-refractivity contribution is -0.0494. The molecule has 0 spiro atoms. The number of alkyl halides is 2. The van der Waals surface area contributed by atoms with E-state index in [-0.39, 0.29) is 23.0 Å². The van der Waals surface area contributed by atoms with E-state index in [1.165, 1.54) is 24.4 Å². The molecule has 198 valence electrons. The van der Waals surface area contributed by atoms with Crippen molar-refractivity contribution < 1.29 is 18.3 Å². The van der Waals surface area contributed by atoms with Crippen LogP contribution in [0.25, 0.3) is 16.6 Å². The monoisotopic (exact) mass is 515 g/mol. The zero-order valence-corrected chi connectivity index (χ0v) is 20.8. The molecule has 0 radical (unpaired) electrons. The number of nitrogens with zero attached hydrogens (tertiary/aromatic N) is 3. The van der Waals surface area contributed by atoms with E-state index >= 15 is 0 Å². The molecule has 1 aromatic heterocycles. The molecule has 0 saturated heterocycles. The van der Waals surface area contributed by atoms with Crippen LogP contribution < -0.4 is 36.9 Å². The van der Waals surface area contributed by atoms with Crippen LogP contribution in [0.2, 0.25) is 0 Å². The van der Waals surface area contributed by atoms with Crippen LogP contribution in [0.5, 0.6) is 11.5 Å². The summed E-state index contributed by atoms with van der Waals surface area (Å²) in [7, 11) is 5.61. The number of rotatable bonds is 13. The molecule has 0 saturated carbocycles. The fraction of sp³-hybridized carbons (Fsp3) is 0.250. The fourth-order valence-electron chi connectivity index (χ4n) is 3.40. The van der Waals surface area contributed by atoms with Crippen LogP contribution in [0.4, 0.5) is 20.2 Å². The molecule has 0 amide bonds. The van der Waals surface area contributed by atoms with Crippen molar-refractivity contribution in [2.24, 2.45) is 12.9 Å². The molecular formula is C24H31F2N9O2. The number of hydrogen-bond acceptors (Lipinski definition) is 9. The standard InChI is InChI=1S/C24H31F2N9O2/c1-5-29-33-19-11-18(22(37-24(25)26)13-21(19)36-9-8-34(2)3)31-23(27)12-17(32-28)15-6-7-20-16(10-15)14-30-35(20)4/h5-7,10-14,24,29,32-33H,1,8-9,28H2,2-4H3,(H2,27,31)/b17-12-. The Bertz CT molecular complexity index is 1270. The van der Waals surface area contributed by atoms with Gasteiger partial charge in [-0.15, -0.1) is 0 Å². The number of fused-ring (bicyclic) bond motifs is 1. The highest BCUT2D eigenvalue weighted by Gasteiger charge is 2.17. The van der Waals surface area contributed by atoms with Gasteiger partial charge in [0.2, 0.25) is 0 Å². The zero-order valence-electron chi connectivity index (χ0n) is 20.8. The second kappa shape index (κ2) is 12.6. The first-order chi connectivity index (χ1) is 17.7. The van der Waals surface area contributed by atoms with Crippen LogP contribution in [0.15, 0.2) is 55.4 Å². The maximum absolute atomic E-state index is 13.2.